The Bertz CT molecular complexity index is 1510. The number of fused-ring (bicyclic) bond motifs is 7. The topological polar surface area (TPSA) is 77.2 Å². The van der Waals surface area contributed by atoms with Crippen molar-refractivity contribution in [3.8, 4) is 11.4 Å². The molecule has 0 spiro atoms. The lowest BCUT2D eigenvalue weighted by Gasteiger charge is -2.33. The maximum absolute atomic E-state index is 13.6. The molecule has 0 saturated carbocycles. The Kier molecular flexibility index (Phi) is 5.32. The number of nitrogens with zero attached hydrogens (tertiary/aromatic N) is 3. The second-order valence-electron chi connectivity index (χ2n) is 9.28. The summed E-state index contributed by atoms with van der Waals surface area (Å²) in [4.78, 5) is 23.2. The molecule has 0 saturated heterocycles. The van der Waals surface area contributed by atoms with E-state index in [1.54, 1.807) is 0 Å². The zero-order valence-electron chi connectivity index (χ0n) is 19.1. The molecule has 3 aromatic heterocycles. The van der Waals surface area contributed by atoms with Crippen LogP contribution in [0.4, 0.5) is 0 Å². The first-order valence-corrected chi connectivity index (χ1v) is 13.0. The van der Waals surface area contributed by atoms with Crippen LogP contribution < -0.4 is 5.56 Å². The number of benzene rings is 1. The van der Waals surface area contributed by atoms with E-state index in [1.165, 1.54) is 5.56 Å². The van der Waals surface area contributed by atoms with Crippen LogP contribution in [0, 0.1) is 0 Å². The van der Waals surface area contributed by atoms with E-state index >= 15 is 0 Å². The predicted octanol–water partition coefficient (Wildman–Crippen LogP) is 4.82. The van der Waals surface area contributed by atoms with E-state index in [9.17, 15) is 9.90 Å². The van der Waals surface area contributed by atoms with Crippen molar-refractivity contribution in [2.45, 2.75) is 51.4 Å². The van der Waals surface area contributed by atoms with Crippen LogP contribution in [0.1, 0.15) is 48.4 Å². The molecule has 0 aliphatic carbocycles. The average Bonchev–Trinajstić information content (AvgIpc) is 3.23. The molecule has 6 rings (SSSR count). The van der Waals surface area contributed by atoms with Crippen LogP contribution in [0.25, 0.3) is 33.2 Å². The van der Waals surface area contributed by atoms with Crippen LogP contribution in [0.15, 0.2) is 41.3 Å². The molecule has 174 valence electrons. The van der Waals surface area contributed by atoms with Gasteiger partial charge in [-0.1, -0.05) is 28.9 Å². The van der Waals surface area contributed by atoms with E-state index in [4.69, 9.17) is 9.72 Å². The van der Waals surface area contributed by atoms with Gasteiger partial charge in [0.25, 0.3) is 5.56 Å². The van der Waals surface area contributed by atoms with Crippen molar-refractivity contribution in [2.24, 2.45) is 0 Å². The Morgan fingerprint density at radius 1 is 1.21 bits per heavy atom. The van der Waals surface area contributed by atoms with Gasteiger partial charge in [0.1, 0.15) is 5.60 Å². The fraction of sp³-hybridized carbons (Fsp3) is 0.370. The van der Waals surface area contributed by atoms with Crippen molar-refractivity contribution in [3.05, 3.63) is 69.1 Å². The largest absolute Gasteiger partial charge is 0.383 e. The summed E-state index contributed by atoms with van der Waals surface area (Å²) in [6, 6.07) is 10.1. The number of ether oxygens (including phenoxy) is 1. The van der Waals surface area contributed by atoms with Gasteiger partial charge in [-0.2, -0.15) is 0 Å². The molecule has 0 radical (unpaired) electrons. The van der Waals surface area contributed by atoms with Gasteiger partial charge in [-0.3, -0.25) is 9.78 Å². The van der Waals surface area contributed by atoms with Gasteiger partial charge in [0.15, 0.2) is 0 Å². The number of rotatable bonds is 5. The summed E-state index contributed by atoms with van der Waals surface area (Å²) in [7, 11) is 0. The first-order chi connectivity index (χ1) is 16.6. The third kappa shape index (κ3) is 3.17. The van der Waals surface area contributed by atoms with Crippen molar-refractivity contribution in [1.29, 1.82) is 0 Å². The van der Waals surface area contributed by atoms with Crippen LogP contribution in [0.2, 0.25) is 0 Å². The predicted molar refractivity (Wildman–Crippen MR) is 136 cm³/mol. The molecular formula is C27H26BrN3O3. The van der Waals surface area contributed by atoms with Crippen LogP contribution in [-0.4, -0.2) is 31.6 Å². The van der Waals surface area contributed by atoms with Crippen LogP contribution >= 0.6 is 15.9 Å². The van der Waals surface area contributed by atoms with Crippen molar-refractivity contribution < 1.29 is 9.84 Å². The molecule has 4 aromatic rings. The van der Waals surface area contributed by atoms with Gasteiger partial charge in [0.2, 0.25) is 0 Å². The summed E-state index contributed by atoms with van der Waals surface area (Å²) in [5.74, 6) is 0. The molecule has 1 N–H and O–H groups in total. The molecule has 5 heterocycles. The minimum absolute atomic E-state index is 0.0842. The third-order valence-electron chi connectivity index (χ3n) is 7.39. The number of unbranched alkanes of at least 4 members (excludes halogenated alkanes) is 1. The fourth-order valence-electron chi connectivity index (χ4n) is 5.53. The second-order valence-corrected chi connectivity index (χ2v) is 10.1. The molecule has 0 amide bonds. The Balaban J connectivity index is 1.64. The van der Waals surface area contributed by atoms with Gasteiger partial charge in [0, 0.05) is 33.4 Å². The number of aryl methyl sites for hydroxylation is 1. The van der Waals surface area contributed by atoms with E-state index in [-0.39, 0.29) is 18.8 Å². The van der Waals surface area contributed by atoms with E-state index < -0.39 is 5.60 Å². The van der Waals surface area contributed by atoms with E-state index in [2.05, 4.69) is 27.0 Å². The Morgan fingerprint density at radius 3 is 2.88 bits per heavy atom. The van der Waals surface area contributed by atoms with Gasteiger partial charge in [-0.05, 0) is 61.1 Å². The third-order valence-corrected chi connectivity index (χ3v) is 7.95. The lowest BCUT2D eigenvalue weighted by atomic mass is 9.86. The summed E-state index contributed by atoms with van der Waals surface area (Å²) in [6.07, 6.45) is 5.32. The highest BCUT2D eigenvalue weighted by atomic mass is 79.9. The number of pyridine rings is 3. The molecule has 0 fully saturated rings. The van der Waals surface area contributed by atoms with Crippen LogP contribution in [0.5, 0.6) is 0 Å². The molecule has 0 unspecified atom stereocenters. The normalized spacial score (nSPS) is 18.8. The molecule has 2 aliphatic heterocycles. The SMILES string of the molecule is CC[C@@]1(O)COCc2c1cc1n(c2=O)Cc2c-1nc1ccc3ncccc3c1c2CCCCBr. The van der Waals surface area contributed by atoms with Gasteiger partial charge in [-0.25, -0.2) is 4.98 Å². The standard InChI is InChI=1S/C27H26BrN3O3/c1-2-27(33)15-34-14-19-20(27)12-23-25-18(13-31(23)26(19)32)16(6-3-4-10-28)24-17-7-5-11-29-21(17)8-9-22(24)30-25/h5,7-9,11-12,33H,2-4,6,10,13-15H2,1H3/t27-/m1/s1. The molecule has 6 nitrogen and oxygen atoms in total. The molecule has 1 atom stereocenters. The Hall–Kier alpha value is -2.61. The van der Waals surface area contributed by atoms with Crippen molar-refractivity contribution in [2.75, 3.05) is 11.9 Å². The highest BCUT2D eigenvalue weighted by Gasteiger charge is 2.38. The lowest BCUT2D eigenvalue weighted by Crippen LogP contribution is -2.40. The van der Waals surface area contributed by atoms with Gasteiger partial charge in [0.05, 0.1) is 42.2 Å². The highest BCUT2D eigenvalue weighted by molar-refractivity contribution is 9.09. The molecule has 7 heteroatoms. The molecule has 0 bridgehead atoms. The average molecular weight is 520 g/mol. The van der Waals surface area contributed by atoms with Gasteiger partial charge >= 0.3 is 0 Å². The Morgan fingerprint density at radius 2 is 2.06 bits per heavy atom. The van der Waals surface area contributed by atoms with Gasteiger partial charge < -0.3 is 14.4 Å². The van der Waals surface area contributed by atoms with Crippen LogP contribution in [-0.2, 0) is 29.9 Å². The van der Waals surface area contributed by atoms with Crippen molar-refractivity contribution in [3.63, 3.8) is 0 Å². The monoisotopic (exact) mass is 519 g/mol. The minimum Gasteiger partial charge on any atom is -0.383 e. The number of alkyl halides is 1. The van der Waals surface area contributed by atoms with Crippen molar-refractivity contribution in [1.82, 2.24) is 14.5 Å². The van der Waals surface area contributed by atoms with Gasteiger partial charge in [-0.15, -0.1) is 0 Å². The van der Waals surface area contributed by atoms with E-state index in [0.717, 1.165) is 63.3 Å². The molecule has 34 heavy (non-hydrogen) atoms. The molecule has 2 aliphatic rings. The maximum atomic E-state index is 13.6. The number of hydrogen-bond acceptors (Lipinski definition) is 5. The van der Waals surface area contributed by atoms with E-state index in [0.29, 0.717) is 24.1 Å². The van der Waals surface area contributed by atoms with E-state index in [1.807, 2.05) is 42.0 Å². The minimum atomic E-state index is -1.15. The summed E-state index contributed by atoms with van der Waals surface area (Å²) in [5.41, 5.74) is 5.90. The van der Waals surface area contributed by atoms with Crippen molar-refractivity contribution >= 4 is 37.7 Å². The summed E-state index contributed by atoms with van der Waals surface area (Å²) in [5, 5.41) is 14.4. The molecule has 1 aromatic carbocycles. The quantitative estimate of drug-likeness (QED) is 0.204. The zero-order chi connectivity index (χ0) is 23.4. The lowest BCUT2D eigenvalue weighted by molar-refractivity contribution is -0.0757. The number of hydrogen-bond donors (Lipinski definition) is 1. The maximum Gasteiger partial charge on any atom is 0.257 e. The Labute approximate surface area is 205 Å². The number of aliphatic hydroxyl groups is 1. The summed E-state index contributed by atoms with van der Waals surface area (Å²) < 4.78 is 7.44. The highest BCUT2D eigenvalue weighted by Crippen LogP contribution is 2.41. The molecular weight excluding hydrogens is 494 g/mol. The first-order valence-electron chi connectivity index (χ1n) is 11.9. The smallest absolute Gasteiger partial charge is 0.257 e. The fourth-order valence-corrected chi connectivity index (χ4v) is 5.93. The number of aromatic nitrogens is 3. The zero-order valence-corrected chi connectivity index (χ0v) is 20.7. The summed E-state index contributed by atoms with van der Waals surface area (Å²) >= 11 is 3.56. The summed E-state index contributed by atoms with van der Waals surface area (Å²) in [6.45, 7) is 2.85. The first kappa shape index (κ1) is 21.9. The van der Waals surface area contributed by atoms with Crippen LogP contribution in [0.3, 0.4) is 0 Å². The number of halogens is 1. The second kappa shape index (κ2) is 8.26.